The first kappa shape index (κ1) is 15.0. The second kappa shape index (κ2) is 6.93. The number of imidazole rings is 1. The van der Waals surface area contributed by atoms with Crippen LogP contribution in [0.4, 0.5) is 0 Å². The van der Waals surface area contributed by atoms with Gasteiger partial charge in [0.05, 0.1) is 5.69 Å². The van der Waals surface area contributed by atoms with Crippen LogP contribution in [0.1, 0.15) is 51.6 Å². The van der Waals surface area contributed by atoms with Crippen molar-refractivity contribution in [3.63, 3.8) is 0 Å². The Balaban J connectivity index is 1.70. The molecule has 3 nitrogen and oxygen atoms in total. The third-order valence-electron chi connectivity index (χ3n) is 4.87. The van der Waals surface area contributed by atoms with Crippen molar-refractivity contribution in [1.29, 1.82) is 0 Å². The van der Waals surface area contributed by atoms with Crippen molar-refractivity contribution < 1.29 is 0 Å². The first-order valence-corrected chi connectivity index (χ1v) is 9.32. The Morgan fingerprint density at radius 2 is 2.29 bits per heavy atom. The van der Waals surface area contributed by atoms with Gasteiger partial charge in [0.25, 0.3) is 0 Å². The molecule has 21 heavy (non-hydrogen) atoms. The molecule has 3 atom stereocenters. The zero-order chi connectivity index (χ0) is 14.7. The van der Waals surface area contributed by atoms with Crippen molar-refractivity contribution in [2.45, 2.75) is 58.4 Å². The van der Waals surface area contributed by atoms with Crippen LogP contribution in [-0.2, 0) is 6.42 Å². The minimum Gasteiger partial charge on any atom is -0.314 e. The molecule has 1 saturated carbocycles. The number of nitrogens with zero attached hydrogens (tertiary/aromatic N) is 2. The Morgan fingerprint density at radius 3 is 3.05 bits per heavy atom. The number of rotatable bonds is 6. The largest absolute Gasteiger partial charge is 0.314 e. The Morgan fingerprint density at radius 1 is 1.38 bits per heavy atom. The number of nitrogens with one attached hydrogen (secondary N) is 1. The molecular formula is C17H27N3S. The fourth-order valence-corrected chi connectivity index (χ4v) is 4.65. The summed E-state index contributed by atoms with van der Waals surface area (Å²) in [5, 5.41) is 5.82. The molecule has 2 heterocycles. The van der Waals surface area contributed by atoms with Gasteiger partial charge in [0.1, 0.15) is 0 Å². The lowest BCUT2D eigenvalue weighted by molar-refractivity contribution is 0.194. The Kier molecular flexibility index (Phi) is 4.96. The van der Waals surface area contributed by atoms with Gasteiger partial charge in [-0.25, -0.2) is 4.98 Å². The summed E-state index contributed by atoms with van der Waals surface area (Å²) in [5.41, 5.74) is 1.27. The van der Waals surface area contributed by atoms with E-state index in [1.54, 1.807) is 11.3 Å². The van der Waals surface area contributed by atoms with Crippen LogP contribution >= 0.6 is 11.3 Å². The van der Waals surface area contributed by atoms with Gasteiger partial charge in [-0.05, 0) is 44.1 Å². The van der Waals surface area contributed by atoms with Crippen molar-refractivity contribution >= 4 is 16.3 Å². The highest BCUT2D eigenvalue weighted by Gasteiger charge is 2.30. The highest BCUT2D eigenvalue weighted by molar-refractivity contribution is 7.15. The number of aromatic nitrogens is 2. The van der Waals surface area contributed by atoms with Crippen molar-refractivity contribution in [3.8, 4) is 0 Å². The maximum atomic E-state index is 4.79. The van der Waals surface area contributed by atoms with Crippen LogP contribution < -0.4 is 5.32 Å². The standard InChI is InChI=1S/C17H27N3S/c1-3-5-13-6-7-16(18-4-2)14(10-13)11-15-12-20-8-9-21-17(20)19-15/h8-9,12-14,16,18H,3-7,10-11H2,1-2H3. The first-order chi connectivity index (χ1) is 10.3. The van der Waals surface area contributed by atoms with Crippen molar-refractivity contribution in [3.05, 3.63) is 23.5 Å². The predicted molar refractivity (Wildman–Crippen MR) is 90.0 cm³/mol. The molecule has 1 N–H and O–H groups in total. The van der Waals surface area contributed by atoms with Gasteiger partial charge in [-0.1, -0.05) is 26.7 Å². The van der Waals surface area contributed by atoms with Crippen LogP contribution in [0.3, 0.4) is 0 Å². The van der Waals surface area contributed by atoms with Crippen molar-refractivity contribution in [2.75, 3.05) is 6.54 Å². The molecule has 1 fully saturated rings. The zero-order valence-electron chi connectivity index (χ0n) is 13.2. The normalized spacial score (nSPS) is 26.5. The van der Waals surface area contributed by atoms with E-state index in [9.17, 15) is 0 Å². The molecule has 0 spiro atoms. The van der Waals surface area contributed by atoms with Crippen LogP contribution in [0.5, 0.6) is 0 Å². The minimum atomic E-state index is 0.683. The molecule has 0 aliphatic heterocycles. The fraction of sp³-hybridized carbons (Fsp3) is 0.706. The molecule has 0 aromatic carbocycles. The summed E-state index contributed by atoms with van der Waals surface area (Å²) in [4.78, 5) is 5.92. The van der Waals surface area contributed by atoms with E-state index in [0.717, 1.165) is 29.8 Å². The highest BCUT2D eigenvalue weighted by Crippen LogP contribution is 2.34. The minimum absolute atomic E-state index is 0.683. The van der Waals surface area contributed by atoms with Crippen LogP contribution in [0.15, 0.2) is 17.8 Å². The van der Waals surface area contributed by atoms with Crippen LogP contribution in [0.2, 0.25) is 0 Å². The van der Waals surface area contributed by atoms with Gasteiger partial charge in [-0.3, -0.25) is 4.40 Å². The Labute approximate surface area is 131 Å². The first-order valence-electron chi connectivity index (χ1n) is 8.44. The molecule has 1 aliphatic carbocycles. The third kappa shape index (κ3) is 3.49. The van der Waals surface area contributed by atoms with E-state index in [-0.39, 0.29) is 0 Å². The van der Waals surface area contributed by atoms with Gasteiger partial charge < -0.3 is 5.32 Å². The molecule has 1 aliphatic rings. The van der Waals surface area contributed by atoms with Gasteiger partial charge in [0.2, 0.25) is 0 Å². The predicted octanol–water partition coefficient (Wildman–Crippen LogP) is 4.13. The molecule has 0 bridgehead atoms. The van der Waals surface area contributed by atoms with Gasteiger partial charge in [0, 0.05) is 23.8 Å². The maximum absolute atomic E-state index is 4.79. The average molecular weight is 305 g/mol. The van der Waals surface area contributed by atoms with E-state index in [4.69, 9.17) is 4.98 Å². The SMILES string of the molecule is CCCC1CCC(NCC)C(Cc2cn3ccsc3n2)C1. The van der Waals surface area contributed by atoms with Gasteiger partial charge in [0.15, 0.2) is 4.96 Å². The summed E-state index contributed by atoms with van der Waals surface area (Å²) in [5.74, 6) is 1.68. The van der Waals surface area contributed by atoms with Crippen LogP contribution in [-0.4, -0.2) is 22.0 Å². The molecule has 4 heteroatoms. The second-order valence-electron chi connectivity index (χ2n) is 6.42. The third-order valence-corrected chi connectivity index (χ3v) is 5.64. The summed E-state index contributed by atoms with van der Waals surface area (Å²) in [6, 6.07) is 0.683. The lowest BCUT2D eigenvalue weighted by atomic mass is 9.74. The second-order valence-corrected chi connectivity index (χ2v) is 7.29. The van der Waals surface area contributed by atoms with Crippen LogP contribution in [0.25, 0.3) is 4.96 Å². The maximum Gasteiger partial charge on any atom is 0.193 e. The van der Waals surface area contributed by atoms with Gasteiger partial charge >= 0.3 is 0 Å². The number of hydrogen-bond donors (Lipinski definition) is 1. The molecule has 3 rings (SSSR count). The van der Waals surface area contributed by atoms with E-state index in [2.05, 4.69) is 41.3 Å². The Bertz CT molecular complexity index is 531. The quantitative estimate of drug-likeness (QED) is 0.869. The molecule has 0 amide bonds. The van der Waals surface area contributed by atoms with E-state index in [1.807, 2.05) is 0 Å². The fourth-order valence-electron chi connectivity index (χ4n) is 3.93. The smallest absolute Gasteiger partial charge is 0.193 e. The average Bonchev–Trinajstić information content (AvgIpc) is 3.03. The molecule has 2 aromatic rings. The summed E-state index contributed by atoms with van der Waals surface area (Å²) < 4.78 is 2.16. The molecule has 116 valence electrons. The van der Waals surface area contributed by atoms with Crippen molar-refractivity contribution in [1.82, 2.24) is 14.7 Å². The van der Waals surface area contributed by atoms with Gasteiger partial charge in [-0.2, -0.15) is 0 Å². The zero-order valence-corrected chi connectivity index (χ0v) is 14.0. The number of fused-ring (bicyclic) bond motifs is 1. The Hall–Kier alpha value is -0.870. The highest BCUT2D eigenvalue weighted by atomic mass is 32.1. The number of hydrogen-bond acceptors (Lipinski definition) is 3. The molecule has 2 aromatic heterocycles. The van der Waals surface area contributed by atoms with Gasteiger partial charge in [-0.15, -0.1) is 11.3 Å². The molecule has 0 saturated heterocycles. The van der Waals surface area contributed by atoms with Crippen LogP contribution in [0, 0.1) is 11.8 Å². The summed E-state index contributed by atoms with van der Waals surface area (Å²) in [7, 11) is 0. The summed E-state index contributed by atoms with van der Waals surface area (Å²) in [6.45, 7) is 5.62. The molecule has 0 radical (unpaired) electrons. The monoisotopic (exact) mass is 305 g/mol. The van der Waals surface area contributed by atoms with Crippen molar-refractivity contribution in [2.24, 2.45) is 11.8 Å². The topological polar surface area (TPSA) is 29.3 Å². The molecule has 3 unspecified atom stereocenters. The summed E-state index contributed by atoms with van der Waals surface area (Å²) in [6.07, 6.45) is 12.3. The number of thiazole rings is 1. The lowest BCUT2D eigenvalue weighted by Crippen LogP contribution is -2.41. The summed E-state index contributed by atoms with van der Waals surface area (Å²) >= 11 is 1.73. The molecular weight excluding hydrogens is 278 g/mol. The van der Waals surface area contributed by atoms with E-state index >= 15 is 0 Å². The van der Waals surface area contributed by atoms with E-state index < -0.39 is 0 Å². The van der Waals surface area contributed by atoms with E-state index in [0.29, 0.717) is 6.04 Å². The lowest BCUT2D eigenvalue weighted by Gasteiger charge is -2.36. The van der Waals surface area contributed by atoms with E-state index in [1.165, 1.54) is 37.8 Å².